The Bertz CT molecular complexity index is 541. The number of halogens is 1. The summed E-state index contributed by atoms with van der Waals surface area (Å²) in [5, 5.41) is 0. The number of alkyl halides is 1. The third-order valence-electron chi connectivity index (χ3n) is 3.18. The molecule has 148 valence electrons. The maximum absolute atomic E-state index is 11.6. The molecule has 0 spiro atoms. The average Bonchev–Trinajstić information content (AvgIpc) is 2.50. The summed E-state index contributed by atoms with van der Waals surface area (Å²) in [6.45, 7) is 4.55. The van der Waals surface area contributed by atoms with Crippen LogP contribution in [-0.4, -0.2) is 65.0 Å². The van der Waals surface area contributed by atoms with E-state index in [0.717, 1.165) is 0 Å². The minimum absolute atomic E-state index is 0.225. The van der Waals surface area contributed by atoms with Crippen LogP contribution < -0.4 is 0 Å². The second-order valence-corrected chi connectivity index (χ2v) is 7.73. The zero-order chi connectivity index (χ0) is 19.9. The van der Waals surface area contributed by atoms with E-state index in [-0.39, 0.29) is 6.61 Å². The molecule has 0 amide bonds. The van der Waals surface area contributed by atoms with Crippen LogP contribution in [0.1, 0.15) is 27.7 Å². The third kappa shape index (κ3) is 7.12. The summed E-state index contributed by atoms with van der Waals surface area (Å²) in [6, 6.07) is 0. The topological polar surface area (TPSA) is 114 Å². The first kappa shape index (κ1) is 22.7. The first-order valence-electron chi connectivity index (χ1n) is 7.63. The van der Waals surface area contributed by atoms with E-state index in [4.69, 9.17) is 23.7 Å². The molecule has 0 aromatic heterocycles. The van der Waals surface area contributed by atoms with E-state index in [2.05, 4.69) is 15.9 Å². The van der Waals surface area contributed by atoms with Gasteiger partial charge in [-0.15, -0.1) is 11.8 Å². The van der Waals surface area contributed by atoms with Crippen LogP contribution in [0.2, 0.25) is 0 Å². The molecule has 1 aliphatic rings. The molecule has 1 fully saturated rings. The van der Waals surface area contributed by atoms with Crippen molar-refractivity contribution in [3.8, 4) is 0 Å². The van der Waals surface area contributed by atoms with Crippen molar-refractivity contribution >= 4 is 51.6 Å². The second-order valence-electron chi connectivity index (χ2n) is 5.34. The van der Waals surface area contributed by atoms with Crippen LogP contribution in [0.15, 0.2) is 0 Å². The van der Waals surface area contributed by atoms with Crippen molar-refractivity contribution in [2.24, 2.45) is 0 Å². The number of esters is 4. The fourth-order valence-corrected chi connectivity index (χ4v) is 3.91. The first-order chi connectivity index (χ1) is 12.1. The maximum atomic E-state index is 11.6. The Morgan fingerprint density at radius 1 is 0.846 bits per heavy atom. The van der Waals surface area contributed by atoms with Crippen LogP contribution in [0, 0.1) is 0 Å². The molecular formula is C15H21BrO9S. The van der Waals surface area contributed by atoms with Crippen LogP contribution in [0.4, 0.5) is 0 Å². The molecule has 0 unspecified atom stereocenters. The Balaban J connectivity index is 3.22. The summed E-state index contributed by atoms with van der Waals surface area (Å²) >= 11 is 4.49. The van der Waals surface area contributed by atoms with Gasteiger partial charge in [0.15, 0.2) is 18.3 Å². The molecule has 0 aliphatic carbocycles. The number of carbonyl (C=O) groups excluding carboxylic acids is 4. The van der Waals surface area contributed by atoms with Crippen LogP contribution in [-0.2, 0) is 42.9 Å². The zero-order valence-corrected chi connectivity index (χ0v) is 17.2. The quantitative estimate of drug-likeness (QED) is 0.313. The number of rotatable bonds is 7. The van der Waals surface area contributed by atoms with Crippen molar-refractivity contribution in [2.45, 2.75) is 57.5 Å². The monoisotopic (exact) mass is 456 g/mol. The number of hydrogen-bond donors (Lipinski definition) is 0. The minimum atomic E-state index is -1.12. The van der Waals surface area contributed by atoms with E-state index < -0.39 is 53.7 Å². The average molecular weight is 457 g/mol. The van der Waals surface area contributed by atoms with E-state index in [9.17, 15) is 19.2 Å². The van der Waals surface area contributed by atoms with Gasteiger partial charge in [0.1, 0.15) is 18.1 Å². The summed E-state index contributed by atoms with van der Waals surface area (Å²) in [4.78, 5) is 45.7. The molecule has 0 saturated carbocycles. The molecule has 1 aliphatic heterocycles. The van der Waals surface area contributed by atoms with Crippen LogP contribution in [0.25, 0.3) is 0 Å². The molecule has 0 bridgehead atoms. The van der Waals surface area contributed by atoms with Crippen LogP contribution in [0.5, 0.6) is 0 Å². The van der Waals surface area contributed by atoms with Crippen LogP contribution >= 0.6 is 27.7 Å². The highest BCUT2D eigenvalue weighted by Gasteiger charge is 2.52. The molecule has 0 radical (unpaired) electrons. The van der Waals surface area contributed by atoms with E-state index in [1.165, 1.54) is 39.5 Å². The van der Waals surface area contributed by atoms with Gasteiger partial charge in [0.05, 0.1) is 4.66 Å². The molecule has 1 heterocycles. The van der Waals surface area contributed by atoms with Crippen molar-refractivity contribution in [3.05, 3.63) is 0 Å². The van der Waals surface area contributed by atoms with Gasteiger partial charge in [-0.1, -0.05) is 15.9 Å². The molecule has 1 saturated heterocycles. The summed E-state index contributed by atoms with van der Waals surface area (Å²) in [6.07, 6.45) is -4.16. The zero-order valence-electron chi connectivity index (χ0n) is 14.8. The van der Waals surface area contributed by atoms with Gasteiger partial charge in [-0.3, -0.25) is 19.2 Å². The Morgan fingerprint density at radius 2 is 1.35 bits per heavy atom. The van der Waals surface area contributed by atoms with Gasteiger partial charge < -0.3 is 23.7 Å². The van der Waals surface area contributed by atoms with Crippen molar-refractivity contribution in [3.63, 3.8) is 0 Å². The van der Waals surface area contributed by atoms with Gasteiger partial charge in [-0.25, -0.2) is 0 Å². The third-order valence-corrected chi connectivity index (χ3v) is 4.80. The largest absolute Gasteiger partial charge is 0.463 e. The second kappa shape index (κ2) is 10.7. The maximum Gasteiger partial charge on any atom is 0.303 e. The molecule has 26 heavy (non-hydrogen) atoms. The van der Waals surface area contributed by atoms with Gasteiger partial charge in [0.2, 0.25) is 0 Å². The summed E-state index contributed by atoms with van der Waals surface area (Å²) in [5.41, 5.74) is -0.741. The standard InChI is InChI=1S/C15H21BrO9S/c1-7(17)21-5-11-12(22-8(2)18)13(23-9(3)19)14(24-10(4)20)15(25-11)26-6-16/h11-15H,5-6H2,1-4H3/t11-,12-,13+,14-,15+/m1/s1. The summed E-state index contributed by atoms with van der Waals surface area (Å²) in [7, 11) is 0. The predicted molar refractivity (Wildman–Crippen MR) is 93.3 cm³/mol. The van der Waals surface area contributed by atoms with Crippen molar-refractivity contribution < 1.29 is 42.9 Å². The molecule has 11 heteroatoms. The lowest BCUT2D eigenvalue weighted by Crippen LogP contribution is -2.61. The van der Waals surface area contributed by atoms with E-state index in [0.29, 0.717) is 4.66 Å². The fraction of sp³-hybridized carbons (Fsp3) is 0.733. The predicted octanol–water partition coefficient (Wildman–Crippen LogP) is 1.16. The Hall–Kier alpha value is -1.33. The van der Waals surface area contributed by atoms with Gasteiger partial charge >= 0.3 is 23.9 Å². The number of thioether (sulfide) groups is 1. The van der Waals surface area contributed by atoms with Crippen molar-refractivity contribution in [1.29, 1.82) is 0 Å². The smallest absolute Gasteiger partial charge is 0.303 e. The lowest BCUT2D eigenvalue weighted by atomic mass is 9.99. The molecule has 0 N–H and O–H groups in total. The highest BCUT2D eigenvalue weighted by Crippen LogP contribution is 2.34. The first-order valence-corrected chi connectivity index (χ1v) is 9.80. The van der Waals surface area contributed by atoms with Crippen LogP contribution in [0.3, 0.4) is 0 Å². The van der Waals surface area contributed by atoms with E-state index >= 15 is 0 Å². The summed E-state index contributed by atoms with van der Waals surface area (Å²) < 4.78 is 27.0. The lowest BCUT2D eigenvalue weighted by Gasteiger charge is -2.44. The van der Waals surface area contributed by atoms with Gasteiger partial charge in [-0.2, -0.15) is 0 Å². The highest BCUT2D eigenvalue weighted by molar-refractivity contribution is 9.11. The molecule has 9 nitrogen and oxygen atoms in total. The Labute approximate surface area is 163 Å². The Kier molecular flexibility index (Phi) is 9.37. The van der Waals surface area contributed by atoms with Gasteiger partial charge in [0.25, 0.3) is 0 Å². The molecular weight excluding hydrogens is 436 g/mol. The molecule has 0 aromatic rings. The summed E-state index contributed by atoms with van der Waals surface area (Å²) in [5.74, 6) is -2.47. The van der Waals surface area contributed by atoms with Gasteiger partial charge in [0, 0.05) is 27.7 Å². The lowest BCUT2D eigenvalue weighted by molar-refractivity contribution is -0.237. The Morgan fingerprint density at radius 3 is 1.81 bits per heavy atom. The number of hydrogen-bond acceptors (Lipinski definition) is 10. The van der Waals surface area contributed by atoms with E-state index in [1.807, 2.05) is 0 Å². The number of ether oxygens (including phenoxy) is 5. The van der Waals surface area contributed by atoms with Crippen molar-refractivity contribution in [2.75, 3.05) is 11.3 Å². The van der Waals surface area contributed by atoms with Gasteiger partial charge in [-0.05, 0) is 0 Å². The van der Waals surface area contributed by atoms with Crippen molar-refractivity contribution in [1.82, 2.24) is 0 Å². The molecule has 0 aromatic carbocycles. The highest BCUT2D eigenvalue weighted by atomic mass is 79.9. The number of carbonyl (C=O) groups is 4. The minimum Gasteiger partial charge on any atom is -0.463 e. The normalized spacial score (nSPS) is 28.0. The SMILES string of the molecule is CC(=O)OC[C@H]1O[C@@H](SCBr)[C@H](OC(C)=O)[C@@H](OC(C)=O)[C@@H]1OC(C)=O. The molecule has 1 rings (SSSR count). The molecule has 5 atom stereocenters. The van der Waals surface area contributed by atoms with E-state index in [1.54, 1.807) is 0 Å². The fourth-order valence-electron chi connectivity index (χ4n) is 2.38.